The van der Waals surface area contributed by atoms with Gasteiger partial charge >= 0.3 is 7.12 Å². The third-order valence-electron chi connectivity index (χ3n) is 2.54. The van der Waals surface area contributed by atoms with Crippen LogP contribution in [0.2, 0.25) is 5.02 Å². The number of para-hydroxylation sites is 1. The van der Waals surface area contributed by atoms with Gasteiger partial charge in [0.2, 0.25) is 0 Å². The summed E-state index contributed by atoms with van der Waals surface area (Å²) in [7, 11) is -1.55. The van der Waals surface area contributed by atoms with Crippen molar-refractivity contribution in [3.63, 3.8) is 0 Å². The minimum Gasteiger partial charge on any atom is -0.489 e. The lowest BCUT2D eigenvalue weighted by Gasteiger charge is -2.11. The number of benzene rings is 2. The average molecular weight is 263 g/mol. The molecule has 0 saturated carbocycles. The van der Waals surface area contributed by atoms with Crippen LogP contribution in [0.25, 0.3) is 0 Å². The van der Waals surface area contributed by atoms with Crippen LogP contribution >= 0.6 is 11.6 Å². The minimum absolute atomic E-state index is 0.281. The molecule has 0 radical (unpaired) electrons. The Bertz CT molecular complexity index is 531. The maximum atomic E-state index is 9.21. The highest BCUT2D eigenvalue weighted by Gasteiger charge is 2.16. The zero-order valence-electron chi connectivity index (χ0n) is 9.58. The van der Waals surface area contributed by atoms with E-state index in [1.807, 2.05) is 18.2 Å². The number of rotatable bonds is 4. The molecule has 0 unspecified atom stereocenters. The molecule has 0 bridgehead atoms. The Balaban J connectivity index is 2.14. The van der Waals surface area contributed by atoms with Crippen molar-refractivity contribution >= 4 is 24.2 Å². The fourth-order valence-corrected chi connectivity index (χ4v) is 1.79. The minimum atomic E-state index is -1.55. The second-order valence-corrected chi connectivity index (χ2v) is 4.20. The van der Waals surface area contributed by atoms with Crippen LogP contribution in [0.5, 0.6) is 5.75 Å². The third-order valence-corrected chi connectivity index (χ3v) is 2.91. The van der Waals surface area contributed by atoms with Crippen LogP contribution in [0.1, 0.15) is 5.56 Å². The molecule has 0 aliphatic rings. The first-order valence-corrected chi connectivity index (χ1v) is 5.87. The molecular weight excluding hydrogens is 250 g/mol. The molecule has 2 rings (SSSR count). The average Bonchev–Trinajstić information content (AvgIpc) is 2.38. The van der Waals surface area contributed by atoms with Gasteiger partial charge in [-0.2, -0.15) is 0 Å². The van der Waals surface area contributed by atoms with Gasteiger partial charge in [-0.15, -0.1) is 0 Å². The van der Waals surface area contributed by atoms with Crippen molar-refractivity contribution in [2.24, 2.45) is 0 Å². The third kappa shape index (κ3) is 3.04. The van der Waals surface area contributed by atoms with Gasteiger partial charge in [-0.3, -0.25) is 0 Å². The van der Waals surface area contributed by atoms with E-state index in [0.29, 0.717) is 16.2 Å². The summed E-state index contributed by atoms with van der Waals surface area (Å²) in [6, 6.07) is 14.1. The Morgan fingerprint density at radius 1 is 1.00 bits per heavy atom. The molecule has 0 atom stereocenters. The van der Waals surface area contributed by atoms with E-state index in [1.165, 1.54) is 0 Å². The Labute approximate surface area is 111 Å². The van der Waals surface area contributed by atoms with Crippen molar-refractivity contribution in [1.82, 2.24) is 0 Å². The fourth-order valence-electron chi connectivity index (χ4n) is 1.60. The summed E-state index contributed by atoms with van der Waals surface area (Å²) in [6.07, 6.45) is 0. The first kappa shape index (κ1) is 13.0. The maximum absolute atomic E-state index is 9.21. The second-order valence-electron chi connectivity index (χ2n) is 3.79. The highest BCUT2D eigenvalue weighted by Crippen LogP contribution is 2.17. The molecule has 0 aliphatic heterocycles. The van der Waals surface area contributed by atoms with Gasteiger partial charge in [-0.25, -0.2) is 0 Å². The smallest absolute Gasteiger partial charge is 0.489 e. The van der Waals surface area contributed by atoms with Crippen molar-refractivity contribution in [2.45, 2.75) is 6.61 Å². The molecule has 2 aromatic rings. The lowest BCUT2D eigenvalue weighted by atomic mass is 9.79. The molecule has 5 heteroatoms. The molecule has 0 saturated heterocycles. The van der Waals surface area contributed by atoms with Crippen LogP contribution in [0, 0.1) is 0 Å². The van der Waals surface area contributed by atoms with Gasteiger partial charge < -0.3 is 14.8 Å². The van der Waals surface area contributed by atoms with Crippen molar-refractivity contribution in [2.75, 3.05) is 0 Å². The molecule has 92 valence electrons. The van der Waals surface area contributed by atoms with Crippen molar-refractivity contribution in [3.8, 4) is 5.75 Å². The zero-order valence-corrected chi connectivity index (χ0v) is 10.3. The van der Waals surface area contributed by atoms with E-state index < -0.39 is 7.12 Å². The molecule has 2 aromatic carbocycles. The first-order valence-electron chi connectivity index (χ1n) is 5.50. The predicted molar refractivity (Wildman–Crippen MR) is 72.1 cm³/mol. The largest absolute Gasteiger partial charge is 0.492 e. The Hall–Kier alpha value is -1.49. The summed E-state index contributed by atoms with van der Waals surface area (Å²) in [5, 5.41) is 19.0. The quantitative estimate of drug-likeness (QED) is 0.823. The molecule has 0 aliphatic carbocycles. The number of hydrogen-bond donors (Lipinski definition) is 2. The molecular formula is C13H12BClO3. The van der Waals surface area contributed by atoms with E-state index in [1.54, 1.807) is 30.3 Å². The first-order chi connectivity index (χ1) is 8.68. The molecule has 0 amide bonds. The highest BCUT2D eigenvalue weighted by atomic mass is 35.5. The summed E-state index contributed by atoms with van der Waals surface area (Å²) in [6.45, 7) is 0.281. The van der Waals surface area contributed by atoms with Crippen LogP contribution in [-0.4, -0.2) is 17.2 Å². The Morgan fingerprint density at radius 2 is 1.67 bits per heavy atom. The summed E-state index contributed by atoms with van der Waals surface area (Å²) in [4.78, 5) is 0. The molecule has 0 heterocycles. The molecule has 2 N–H and O–H groups in total. The molecule has 3 nitrogen and oxygen atoms in total. The topological polar surface area (TPSA) is 49.7 Å². The van der Waals surface area contributed by atoms with Gasteiger partial charge in [-0.1, -0.05) is 48.0 Å². The van der Waals surface area contributed by atoms with E-state index in [9.17, 15) is 10.0 Å². The Kier molecular flexibility index (Phi) is 4.26. The molecule has 18 heavy (non-hydrogen) atoms. The monoisotopic (exact) mass is 262 g/mol. The van der Waals surface area contributed by atoms with Gasteiger partial charge in [-0.05, 0) is 12.1 Å². The van der Waals surface area contributed by atoms with E-state index in [4.69, 9.17) is 16.3 Å². The summed E-state index contributed by atoms with van der Waals surface area (Å²) < 4.78 is 5.56. The lowest BCUT2D eigenvalue weighted by molar-refractivity contribution is 0.307. The maximum Gasteiger partial charge on any atom is 0.492 e. The van der Waals surface area contributed by atoms with Gasteiger partial charge in [0.15, 0.2) is 0 Å². The highest BCUT2D eigenvalue weighted by molar-refractivity contribution is 6.59. The predicted octanol–water partition coefficient (Wildman–Crippen LogP) is 1.60. The Morgan fingerprint density at radius 3 is 2.39 bits per heavy atom. The van der Waals surface area contributed by atoms with E-state index in [-0.39, 0.29) is 6.61 Å². The van der Waals surface area contributed by atoms with Gasteiger partial charge in [0.1, 0.15) is 12.4 Å². The normalized spacial score (nSPS) is 10.2. The van der Waals surface area contributed by atoms with Crippen LogP contribution in [0.4, 0.5) is 0 Å². The number of ether oxygens (including phenoxy) is 1. The standard InChI is InChI=1S/C13H12BClO3/c15-12-7-3-1-5-10(12)9-18-13-8-4-2-6-11(13)14(16)17/h1-8,16-17H,9H2. The van der Waals surface area contributed by atoms with Crippen LogP contribution in [0.3, 0.4) is 0 Å². The lowest BCUT2D eigenvalue weighted by Crippen LogP contribution is -2.31. The molecule has 0 fully saturated rings. The van der Waals surface area contributed by atoms with Crippen LogP contribution < -0.4 is 10.2 Å². The van der Waals surface area contributed by atoms with Gasteiger partial charge in [0.05, 0.1) is 0 Å². The fraction of sp³-hybridized carbons (Fsp3) is 0.0769. The van der Waals surface area contributed by atoms with Crippen molar-refractivity contribution < 1.29 is 14.8 Å². The van der Waals surface area contributed by atoms with Gasteiger partial charge in [0.25, 0.3) is 0 Å². The molecule has 0 spiro atoms. The number of hydrogen-bond acceptors (Lipinski definition) is 3. The van der Waals surface area contributed by atoms with Crippen LogP contribution in [-0.2, 0) is 6.61 Å². The van der Waals surface area contributed by atoms with E-state index in [0.717, 1.165) is 5.56 Å². The van der Waals surface area contributed by atoms with Crippen molar-refractivity contribution in [3.05, 3.63) is 59.1 Å². The summed E-state index contributed by atoms with van der Waals surface area (Å²) in [5.41, 5.74) is 1.19. The molecule has 0 aromatic heterocycles. The zero-order chi connectivity index (χ0) is 13.0. The van der Waals surface area contributed by atoms with E-state index in [2.05, 4.69) is 0 Å². The van der Waals surface area contributed by atoms with Crippen molar-refractivity contribution in [1.29, 1.82) is 0 Å². The van der Waals surface area contributed by atoms with Gasteiger partial charge in [0, 0.05) is 16.0 Å². The summed E-state index contributed by atoms with van der Waals surface area (Å²) in [5.74, 6) is 0.437. The SMILES string of the molecule is OB(O)c1ccccc1OCc1ccccc1Cl. The van der Waals surface area contributed by atoms with Crippen LogP contribution in [0.15, 0.2) is 48.5 Å². The van der Waals surface area contributed by atoms with E-state index >= 15 is 0 Å². The second kappa shape index (κ2) is 5.91. The summed E-state index contributed by atoms with van der Waals surface area (Å²) >= 11 is 6.01. The number of halogens is 1.